The standard InChI is InChI=1S/C37H40N6/c1-20-15-32(38-18-20)37-41-29-14-10-24(17-31(29)42-37)28-12-11-27(34-25-8-9-26(16-25)35(28)34)22-4-6-23(7-5-22)33-19-39-36(43-33)30-13-3-21(2)40-30/h4-7,10-12,14,17,19-21,25-26,30,32,38,40H,3,8-9,13,15-16,18H2,1-2H3,(H,39,43)(H,41,42)/t20-,21-,25?,26?,30-,32-/m0/s1. The Morgan fingerprint density at radius 2 is 1.44 bits per heavy atom. The van der Waals surface area contributed by atoms with Crippen LogP contribution in [0.5, 0.6) is 0 Å². The Kier molecular flexibility index (Phi) is 5.92. The largest absolute Gasteiger partial charge is 0.341 e. The summed E-state index contributed by atoms with van der Waals surface area (Å²) >= 11 is 0. The van der Waals surface area contributed by atoms with Crippen molar-refractivity contribution in [1.29, 1.82) is 0 Å². The van der Waals surface area contributed by atoms with Gasteiger partial charge in [-0.3, -0.25) is 0 Å². The van der Waals surface area contributed by atoms with Crippen LogP contribution in [0.2, 0.25) is 0 Å². The maximum atomic E-state index is 4.95. The highest BCUT2D eigenvalue weighted by Crippen LogP contribution is 2.58. The summed E-state index contributed by atoms with van der Waals surface area (Å²) in [5.41, 5.74) is 13.1. The zero-order valence-corrected chi connectivity index (χ0v) is 25.1. The Balaban J connectivity index is 1.04. The molecule has 0 radical (unpaired) electrons. The fourth-order valence-corrected chi connectivity index (χ4v) is 8.64. The van der Waals surface area contributed by atoms with Crippen molar-refractivity contribution >= 4 is 11.0 Å². The van der Waals surface area contributed by atoms with Crippen molar-refractivity contribution in [3.63, 3.8) is 0 Å². The first-order valence-electron chi connectivity index (χ1n) is 16.4. The minimum absolute atomic E-state index is 0.333. The minimum Gasteiger partial charge on any atom is -0.341 e. The molecular weight excluding hydrogens is 528 g/mol. The molecule has 0 amide bonds. The average Bonchev–Trinajstić information content (AvgIpc) is 3.87. The molecule has 6 heteroatoms. The number of imidazole rings is 2. The van der Waals surface area contributed by atoms with Gasteiger partial charge in [0.1, 0.15) is 11.6 Å². The summed E-state index contributed by atoms with van der Waals surface area (Å²) in [4.78, 5) is 16.9. The van der Waals surface area contributed by atoms with Crippen LogP contribution in [0.1, 0.15) is 99.1 Å². The van der Waals surface area contributed by atoms with Gasteiger partial charge in [0.05, 0.1) is 35.0 Å². The number of rotatable bonds is 5. The lowest BCUT2D eigenvalue weighted by molar-refractivity contribution is 0.564. The number of aromatic amines is 2. The van der Waals surface area contributed by atoms with E-state index in [2.05, 4.69) is 89.0 Å². The third-order valence-corrected chi connectivity index (χ3v) is 10.8. The lowest BCUT2D eigenvalue weighted by Crippen LogP contribution is -2.21. The Morgan fingerprint density at radius 3 is 2.16 bits per heavy atom. The van der Waals surface area contributed by atoms with Gasteiger partial charge in [-0.05, 0) is 121 Å². The average molecular weight is 569 g/mol. The number of hydrogen-bond donors (Lipinski definition) is 4. The van der Waals surface area contributed by atoms with Crippen LogP contribution in [-0.2, 0) is 0 Å². The molecule has 218 valence electrons. The summed E-state index contributed by atoms with van der Waals surface area (Å²) in [7, 11) is 0. The summed E-state index contributed by atoms with van der Waals surface area (Å²) in [6.07, 6.45) is 9.40. The van der Waals surface area contributed by atoms with E-state index in [0.717, 1.165) is 47.8 Å². The van der Waals surface area contributed by atoms with Gasteiger partial charge in [-0.15, -0.1) is 0 Å². The Bertz CT molecular complexity index is 1830. The molecule has 6 nitrogen and oxygen atoms in total. The first kappa shape index (κ1) is 25.7. The first-order chi connectivity index (χ1) is 21.1. The predicted molar refractivity (Wildman–Crippen MR) is 173 cm³/mol. The fourth-order valence-electron chi connectivity index (χ4n) is 8.64. The summed E-state index contributed by atoms with van der Waals surface area (Å²) in [5.74, 6) is 4.17. The molecule has 6 atom stereocenters. The van der Waals surface area contributed by atoms with Crippen molar-refractivity contribution in [1.82, 2.24) is 30.6 Å². The van der Waals surface area contributed by atoms with Gasteiger partial charge < -0.3 is 20.6 Å². The lowest BCUT2D eigenvalue weighted by atomic mass is 9.81. The predicted octanol–water partition coefficient (Wildman–Crippen LogP) is 8.14. The quantitative estimate of drug-likeness (QED) is 0.173. The van der Waals surface area contributed by atoms with Crippen LogP contribution in [0.25, 0.3) is 44.5 Å². The molecule has 2 bridgehead atoms. The van der Waals surface area contributed by atoms with E-state index in [1.807, 2.05) is 6.20 Å². The monoisotopic (exact) mass is 568 g/mol. The second-order valence-electron chi connectivity index (χ2n) is 13.8. The SMILES string of the molecule is C[C@@H]1CN[C@H](c2nc3ccc(-c4ccc(-c5ccc(-c6cnc([C@@H]7CC[C@H](C)N7)[nH]6)cc5)c5c4C4CCC5C4)cc3[nH]2)C1. The molecule has 5 aromatic rings. The van der Waals surface area contributed by atoms with Crippen LogP contribution in [0.4, 0.5) is 0 Å². The van der Waals surface area contributed by atoms with Gasteiger partial charge in [0.2, 0.25) is 0 Å². The Morgan fingerprint density at radius 1 is 0.698 bits per heavy atom. The van der Waals surface area contributed by atoms with Gasteiger partial charge in [0.15, 0.2) is 0 Å². The fraction of sp³-hybridized carbons (Fsp3) is 0.405. The first-order valence-corrected chi connectivity index (χ1v) is 16.4. The summed E-state index contributed by atoms with van der Waals surface area (Å²) in [6.45, 7) is 5.63. The smallest absolute Gasteiger partial charge is 0.124 e. The van der Waals surface area contributed by atoms with Gasteiger partial charge >= 0.3 is 0 Å². The van der Waals surface area contributed by atoms with Crippen LogP contribution >= 0.6 is 0 Å². The number of fused-ring (bicyclic) bond motifs is 6. The molecule has 3 aromatic carbocycles. The molecule has 0 spiro atoms. The van der Waals surface area contributed by atoms with Crippen molar-refractivity contribution < 1.29 is 0 Å². The molecule has 2 aromatic heterocycles. The van der Waals surface area contributed by atoms with Crippen LogP contribution in [-0.4, -0.2) is 32.5 Å². The summed E-state index contributed by atoms with van der Waals surface area (Å²) in [5, 5.41) is 7.27. The van der Waals surface area contributed by atoms with Crippen molar-refractivity contribution in [2.75, 3.05) is 6.54 Å². The van der Waals surface area contributed by atoms with Crippen LogP contribution in [0.3, 0.4) is 0 Å². The van der Waals surface area contributed by atoms with Crippen LogP contribution in [0.15, 0.2) is 60.8 Å². The maximum absolute atomic E-state index is 4.95. The molecule has 4 N–H and O–H groups in total. The van der Waals surface area contributed by atoms with Gasteiger partial charge in [-0.1, -0.05) is 49.4 Å². The molecule has 2 aliphatic carbocycles. The van der Waals surface area contributed by atoms with Crippen molar-refractivity contribution in [3.8, 4) is 33.5 Å². The molecule has 4 aliphatic rings. The number of H-pyrrole nitrogens is 2. The van der Waals surface area contributed by atoms with Gasteiger partial charge in [-0.2, -0.15) is 0 Å². The van der Waals surface area contributed by atoms with E-state index < -0.39 is 0 Å². The van der Waals surface area contributed by atoms with Crippen molar-refractivity contribution in [2.24, 2.45) is 5.92 Å². The second kappa shape index (κ2) is 9.90. The molecule has 3 fully saturated rings. The number of benzene rings is 3. The topological polar surface area (TPSA) is 81.4 Å². The number of nitrogens with one attached hydrogen (secondary N) is 4. The molecule has 2 aliphatic heterocycles. The highest BCUT2D eigenvalue weighted by Gasteiger charge is 2.40. The highest BCUT2D eigenvalue weighted by molar-refractivity contribution is 5.86. The maximum Gasteiger partial charge on any atom is 0.124 e. The van der Waals surface area contributed by atoms with E-state index in [1.165, 1.54) is 53.5 Å². The highest BCUT2D eigenvalue weighted by atomic mass is 15.1. The van der Waals surface area contributed by atoms with Crippen molar-refractivity contribution in [2.45, 2.75) is 82.3 Å². The molecule has 43 heavy (non-hydrogen) atoms. The lowest BCUT2D eigenvalue weighted by Gasteiger charge is -2.23. The van der Waals surface area contributed by atoms with E-state index >= 15 is 0 Å². The van der Waals surface area contributed by atoms with E-state index in [1.54, 1.807) is 11.1 Å². The molecular formula is C37H40N6. The van der Waals surface area contributed by atoms with Gasteiger partial charge in [0.25, 0.3) is 0 Å². The van der Waals surface area contributed by atoms with Crippen molar-refractivity contribution in [3.05, 3.63) is 83.6 Å². The third-order valence-electron chi connectivity index (χ3n) is 10.8. The van der Waals surface area contributed by atoms with Gasteiger partial charge in [0, 0.05) is 6.04 Å². The third kappa shape index (κ3) is 4.29. The number of aromatic nitrogens is 4. The van der Waals surface area contributed by atoms with Gasteiger partial charge in [-0.25, -0.2) is 9.97 Å². The zero-order chi connectivity index (χ0) is 28.7. The molecule has 2 saturated heterocycles. The molecule has 4 heterocycles. The summed E-state index contributed by atoms with van der Waals surface area (Å²) in [6, 6.07) is 22.0. The second-order valence-corrected chi connectivity index (χ2v) is 13.8. The normalized spacial score (nSPS) is 27.9. The van der Waals surface area contributed by atoms with Crippen LogP contribution in [0, 0.1) is 5.92 Å². The number of nitrogens with zero attached hydrogens (tertiary/aromatic N) is 2. The van der Waals surface area contributed by atoms with E-state index in [0.29, 0.717) is 35.9 Å². The molecule has 1 saturated carbocycles. The minimum atomic E-state index is 0.333. The molecule has 9 rings (SSSR count). The molecule has 2 unspecified atom stereocenters. The Hall–Kier alpha value is -3.74. The van der Waals surface area contributed by atoms with E-state index in [9.17, 15) is 0 Å². The van der Waals surface area contributed by atoms with Crippen LogP contribution < -0.4 is 10.6 Å². The number of hydrogen-bond acceptors (Lipinski definition) is 4. The van der Waals surface area contributed by atoms with E-state index in [-0.39, 0.29) is 0 Å². The summed E-state index contributed by atoms with van der Waals surface area (Å²) < 4.78 is 0. The zero-order valence-electron chi connectivity index (χ0n) is 25.1. The van der Waals surface area contributed by atoms with E-state index in [4.69, 9.17) is 9.97 Å². The Labute approximate surface area is 253 Å².